The number of carbonyl (C=O) groups is 2. The Morgan fingerprint density at radius 3 is 2.29 bits per heavy atom. The molecule has 1 N–H and O–H groups in total. The molecule has 3 nitrogen and oxygen atoms in total. The molecule has 2 bridgehead atoms. The first-order valence-corrected chi connectivity index (χ1v) is 8.54. The van der Waals surface area contributed by atoms with E-state index < -0.39 is 11.5 Å². The average molecular weight is 320 g/mol. The maximum absolute atomic E-state index is 13.2. The van der Waals surface area contributed by atoms with E-state index in [2.05, 4.69) is 0 Å². The van der Waals surface area contributed by atoms with E-state index in [0.717, 1.165) is 18.4 Å². The van der Waals surface area contributed by atoms with Crippen LogP contribution in [0, 0.1) is 11.8 Å². The van der Waals surface area contributed by atoms with Gasteiger partial charge in [0.1, 0.15) is 5.60 Å². The van der Waals surface area contributed by atoms with Crippen LogP contribution in [-0.2, 0) is 4.79 Å². The second kappa shape index (κ2) is 5.67. The molecule has 2 unspecified atom stereocenters. The summed E-state index contributed by atoms with van der Waals surface area (Å²) in [6, 6.07) is 18.7. The molecule has 4 atom stereocenters. The SMILES string of the molecule is O=C(c1ccccc1)C1C(c2ccccc2)[C@@H]2CCC[C@@]1(O)C2=O. The van der Waals surface area contributed by atoms with Gasteiger partial charge in [-0.05, 0) is 24.8 Å². The summed E-state index contributed by atoms with van der Waals surface area (Å²) < 4.78 is 0. The summed E-state index contributed by atoms with van der Waals surface area (Å²) in [5, 5.41) is 11.1. The Morgan fingerprint density at radius 2 is 1.62 bits per heavy atom. The van der Waals surface area contributed by atoms with Crippen molar-refractivity contribution in [3.05, 3.63) is 71.8 Å². The highest BCUT2D eigenvalue weighted by atomic mass is 16.3. The summed E-state index contributed by atoms with van der Waals surface area (Å²) in [5.74, 6) is -1.45. The lowest BCUT2D eigenvalue weighted by molar-refractivity contribution is -0.141. The lowest BCUT2D eigenvalue weighted by Gasteiger charge is -2.30. The first-order valence-electron chi connectivity index (χ1n) is 8.54. The molecule has 0 amide bonds. The third-order valence-corrected chi connectivity index (χ3v) is 5.67. The zero-order valence-corrected chi connectivity index (χ0v) is 13.4. The summed E-state index contributed by atoms with van der Waals surface area (Å²) in [6.07, 6.45) is 1.92. The highest BCUT2D eigenvalue weighted by molar-refractivity contribution is 6.07. The van der Waals surface area contributed by atoms with Gasteiger partial charge in [-0.1, -0.05) is 60.7 Å². The molecule has 4 rings (SSSR count). The highest BCUT2D eigenvalue weighted by Gasteiger charge is 2.63. The van der Waals surface area contributed by atoms with Gasteiger partial charge in [0.15, 0.2) is 11.6 Å². The van der Waals surface area contributed by atoms with Gasteiger partial charge in [0.25, 0.3) is 0 Å². The van der Waals surface area contributed by atoms with Crippen molar-refractivity contribution < 1.29 is 14.7 Å². The first kappa shape index (κ1) is 15.3. The van der Waals surface area contributed by atoms with E-state index in [-0.39, 0.29) is 23.4 Å². The number of rotatable bonds is 3. The maximum Gasteiger partial charge on any atom is 0.169 e. The number of Topliss-reactive ketones (excluding diaryl/α,β-unsaturated/α-hetero) is 2. The molecule has 2 aliphatic rings. The van der Waals surface area contributed by atoms with Crippen molar-refractivity contribution >= 4 is 11.6 Å². The minimum Gasteiger partial charge on any atom is -0.381 e. The van der Waals surface area contributed by atoms with Crippen molar-refractivity contribution in [2.75, 3.05) is 0 Å². The molecule has 0 saturated heterocycles. The quantitative estimate of drug-likeness (QED) is 0.882. The van der Waals surface area contributed by atoms with Crippen LogP contribution in [-0.4, -0.2) is 22.3 Å². The molecule has 2 aliphatic carbocycles. The lowest BCUT2D eigenvalue weighted by atomic mass is 9.76. The Balaban J connectivity index is 1.84. The summed E-state index contributed by atoms with van der Waals surface area (Å²) in [5.41, 5.74) is 0.0243. The molecule has 2 saturated carbocycles. The second-order valence-electron chi connectivity index (χ2n) is 6.93. The summed E-state index contributed by atoms with van der Waals surface area (Å²) >= 11 is 0. The Bertz CT molecular complexity index is 768. The van der Waals surface area contributed by atoms with Crippen molar-refractivity contribution in [2.24, 2.45) is 11.8 Å². The van der Waals surface area contributed by atoms with Crippen LogP contribution in [0.2, 0.25) is 0 Å². The standard InChI is InChI=1S/C21H20O3/c22-19(15-10-5-2-6-11-15)18-17(14-8-3-1-4-9-14)16-12-7-13-21(18,24)20(16)23/h1-6,8-11,16-18,24H,7,12-13H2/t16-,17?,18?,21-/m0/s1. The van der Waals surface area contributed by atoms with Gasteiger partial charge >= 0.3 is 0 Å². The van der Waals surface area contributed by atoms with Crippen LogP contribution in [0.5, 0.6) is 0 Å². The molecule has 3 heteroatoms. The fraction of sp³-hybridized carbons (Fsp3) is 0.333. The predicted octanol–water partition coefficient (Wildman–Crippen LogP) is 3.38. The third-order valence-electron chi connectivity index (χ3n) is 5.67. The van der Waals surface area contributed by atoms with Gasteiger partial charge in [0.05, 0.1) is 5.92 Å². The van der Waals surface area contributed by atoms with E-state index in [1.807, 2.05) is 48.5 Å². The normalized spacial score (nSPS) is 31.9. The molecular weight excluding hydrogens is 300 g/mol. The van der Waals surface area contributed by atoms with E-state index in [9.17, 15) is 14.7 Å². The van der Waals surface area contributed by atoms with Crippen LogP contribution in [0.15, 0.2) is 60.7 Å². The number of fused-ring (bicyclic) bond motifs is 2. The summed E-state index contributed by atoms with van der Waals surface area (Å²) in [7, 11) is 0. The molecule has 0 radical (unpaired) electrons. The third kappa shape index (κ3) is 2.15. The molecule has 122 valence electrons. The van der Waals surface area contributed by atoms with Crippen molar-refractivity contribution in [1.82, 2.24) is 0 Å². The van der Waals surface area contributed by atoms with Crippen LogP contribution in [0.4, 0.5) is 0 Å². The smallest absolute Gasteiger partial charge is 0.169 e. The summed E-state index contributed by atoms with van der Waals surface area (Å²) in [4.78, 5) is 26.0. The van der Waals surface area contributed by atoms with Crippen LogP contribution in [0.3, 0.4) is 0 Å². The molecular formula is C21H20O3. The van der Waals surface area contributed by atoms with Crippen LogP contribution >= 0.6 is 0 Å². The molecule has 0 spiro atoms. The Hall–Kier alpha value is -2.26. The minimum atomic E-state index is -1.52. The van der Waals surface area contributed by atoms with E-state index in [1.54, 1.807) is 12.1 Å². The van der Waals surface area contributed by atoms with Gasteiger partial charge in [-0.15, -0.1) is 0 Å². The second-order valence-corrected chi connectivity index (χ2v) is 6.93. The van der Waals surface area contributed by atoms with Gasteiger partial charge < -0.3 is 5.11 Å². The van der Waals surface area contributed by atoms with E-state index in [0.29, 0.717) is 12.0 Å². The van der Waals surface area contributed by atoms with Gasteiger partial charge in [0, 0.05) is 17.4 Å². The van der Waals surface area contributed by atoms with Gasteiger partial charge in [-0.25, -0.2) is 0 Å². The Kier molecular flexibility index (Phi) is 3.61. The maximum atomic E-state index is 13.2. The van der Waals surface area contributed by atoms with E-state index >= 15 is 0 Å². The summed E-state index contributed by atoms with van der Waals surface area (Å²) in [6.45, 7) is 0. The molecule has 2 aromatic rings. The molecule has 0 aliphatic heterocycles. The van der Waals surface area contributed by atoms with E-state index in [4.69, 9.17) is 0 Å². The fourth-order valence-electron chi connectivity index (χ4n) is 4.61. The van der Waals surface area contributed by atoms with Crippen LogP contribution < -0.4 is 0 Å². The van der Waals surface area contributed by atoms with Crippen molar-refractivity contribution in [1.29, 1.82) is 0 Å². The molecule has 0 aromatic heterocycles. The number of hydrogen-bond acceptors (Lipinski definition) is 3. The topological polar surface area (TPSA) is 54.4 Å². The monoisotopic (exact) mass is 320 g/mol. The minimum absolute atomic E-state index is 0.121. The van der Waals surface area contributed by atoms with Gasteiger partial charge in [-0.2, -0.15) is 0 Å². The number of carbonyl (C=O) groups excluding carboxylic acids is 2. The highest BCUT2D eigenvalue weighted by Crippen LogP contribution is 2.55. The first-order chi connectivity index (χ1) is 11.6. The zero-order chi connectivity index (χ0) is 16.7. The molecule has 0 heterocycles. The fourth-order valence-corrected chi connectivity index (χ4v) is 4.61. The van der Waals surface area contributed by atoms with Crippen LogP contribution in [0.1, 0.15) is 41.1 Å². The number of hydrogen-bond donors (Lipinski definition) is 1. The average Bonchev–Trinajstić information content (AvgIpc) is 2.75. The Labute approximate surface area is 141 Å². The predicted molar refractivity (Wildman–Crippen MR) is 90.7 cm³/mol. The number of aliphatic hydroxyl groups is 1. The molecule has 24 heavy (non-hydrogen) atoms. The lowest BCUT2D eigenvalue weighted by Crippen LogP contribution is -2.46. The van der Waals surface area contributed by atoms with Gasteiger partial charge in [0.2, 0.25) is 0 Å². The number of benzene rings is 2. The molecule has 2 fully saturated rings. The number of ketones is 2. The van der Waals surface area contributed by atoms with Crippen LogP contribution in [0.25, 0.3) is 0 Å². The van der Waals surface area contributed by atoms with Crippen molar-refractivity contribution in [3.63, 3.8) is 0 Å². The van der Waals surface area contributed by atoms with Crippen molar-refractivity contribution in [2.45, 2.75) is 30.8 Å². The molecule has 2 aromatic carbocycles. The van der Waals surface area contributed by atoms with Crippen molar-refractivity contribution in [3.8, 4) is 0 Å². The van der Waals surface area contributed by atoms with E-state index in [1.165, 1.54) is 0 Å². The Morgan fingerprint density at radius 1 is 1.00 bits per heavy atom. The zero-order valence-electron chi connectivity index (χ0n) is 13.4. The largest absolute Gasteiger partial charge is 0.381 e. The van der Waals surface area contributed by atoms with Gasteiger partial charge in [-0.3, -0.25) is 9.59 Å².